The molecule has 0 aromatic carbocycles. The van der Waals surface area contributed by atoms with Gasteiger partial charge >= 0.3 is 0 Å². The molecule has 0 aliphatic carbocycles. The number of rotatable bonds is 5. The number of hydrogen-bond acceptors (Lipinski definition) is 7. The van der Waals surface area contributed by atoms with Gasteiger partial charge in [-0.25, -0.2) is 8.42 Å². The van der Waals surface area contributed by atoms with Crippen molar-refractivity contribution in [2.24, 2.45) is 5.92 Å². The van der Waals surface area contributed by atoms with Crippen LogP contribution in [0.5, 0.6) is 0 Å². The van der Waals surface area contributed by atoms with E-state index in [-0.39, 0.29) is 18.4 Å². The van der Waals surface area contributed by atoms with E-state index in [1.165, 1.54) is 27.0 Å². The number of nitrogens with zero attached hydrogens (tertiary/aromatic N) is 3. The summed E-state index contributed by atoms with van der Waals surface area (Å²) < 4.78 is 26.9. The summed E-state index contributed by atoms with van der Waals surface area (Å²) in [4.78, 5) is 12.4. The minimum atomic E-state index is -3.51. The van der Waals surface area contributed by atoms with Crippen molar-refractivity contribution in [3.8, 4) is 0 Å². The molecule has 2 aromatic heterocycles. The quantitative estimate of drug-likeness (QED) is 0.850. The molecule has 0 bridgehead atoms. The van der Waals surface area contributed by atoms with Gasteiger partial charge < -0.3 is 5.32 Å². The number of amides is 1. The highest BCUT2D eigenvalue weighted by Crippen LogP contribution is 2.27. The third-order valence-electron chi connectivity index (χ3n) is 3.84. The third-order valence-corrected chi connectivity index (χ3v) is 8.06. The van der Waals surface area contributed by atoms with Crippen molar-refractivity contribution < 1.29 is 13.2 Å². The number of anilines is 1. The zero-order valence-electron chi connectivity index (χ0n) is 13.1. The Morgan fingerprint density at radius 2 is 2.29 bits per heavy atom. The molecule has 1 amide bonds. The van der Waals surface area contributed by atoms with Crippen LogP contribution in [0.15, 0.2) is 21.7 Å². The van der Waals surface area contributed by atoms with Crippen molar-refractivity contribution >= 4 is 43.7 Å². The highest BCUT2D eigenvalue weighted by atomic mass is 32.2. The fourth-order valence-electron chi connectivity index (χ4n) is 2.57. The van der Waals surface area contributed by atoms with Crippen molar-refractivity contribution in [1.29, 1.82) is 0 Å². The van der Waals surface area contributed by atoms with Gasteiger partial charge in [-0.1, -0.05) is 24.3 Å². The molecule has 1 saturated heterocycles. The van der Waals surface area contributed by atoms with Crippen LogP contribution in [0.2, 0.25) is 0 Å². The Morgan fingerprint density at radius 3 is 2.96 bits per heavy atom. The fraction of sp³-hybridized carbons (Fsp3) is 0.500. The van der Waals surface area contributed by atoms with Crippen LogP contribution in [0.25, 0.3) is 0 Å². The van der Waals surface area contributed by atoms with E-state index in [0.717, 1.165) is 11.4 Å². The first-order chi connectivity index (χ1) is 11.5. The lowest BCUT2D eigenvalue weighted by molar-refractivity contribution is -0.120. The summed E-state index contributed by atoms with van der Waals surface area (Å²) in [5.74, 6) is -0.567. The second-order valence-corrected chi connectivity index (χ2v) is 9.65. The fourth-order valence-corrected chi connectivity index (χ4v) is 5.92. The molecule has 1 atom stereocenters. The Labute approximate surface area is 148 Å². The maximum absolute atomic E-state index is 12.6. The first-order valence-electron chi connectivity index (χ1n) is 7.67. The first-order valence-corrected chi connectivity index (χ1v) is 10.8. The van der Waals surface area contributed by atoms with E-state index in [1.54, 1.807) is 17.5 Å². The summed E-state index contributed by atoms with van der Waals surface area (Å²) in [5, 5.41) is 13.7. The monoisotopic (exact) mass is 386 g/mol. The van der Waals surface area contributed by atoms with Gasteiger partial charge in [0.15, 0.2) is 0 Å². The van der Waals surface area contributed by atoms with Crippen molar-refractivity contribution in [2.75, 3.05) is 18.4 Å². The van der Waals surface area contributed by atoms with Gasteiger partial charge in [0, 0.05) is 13.1 Å². The molecule has 0 spiro atoms. The van der Waals surface area contributed by atoms with Gasteiger partial charge in [-0.15, -0.1) is 21.5 Å². The van der Waals surface area contributed by atoms with E-state index in [9.17, 15) is 13.2 Å². The summed E-state index contributed by atoms with van der Waals surface area (Å²) in [5.41, 5.74) is 0. The highest BCUT2D eigenvalue weighted by Gasteiger charge is 2.34. The number of sulfonamides is 1. The van der Waals surface area contributed by atoms with Crippen LogP contribution in [0.1, 0.15) is 24.8 Å². The second kappa shape index (κ2) is 7.26. The molecule has 1 N–H and O–H groups in total. The van der Waals surface area contributed by atoms with Gasteiger partial charge in [0.1, 0.15) is 9.22 Å². The number of carbonyl (C=O) groups is 1. The number of piperidine rings is 1. The molecule has 0 unspecified atom stereocenters. The zero-order chi connectivity index (χ0) is 17.2. The smallest absolute Gasteiger partial charge is 0.252 e. The van der Waals surface area contributed by atoms with Gasteiger partial charge in [0.2, 0.25) is 11.0 Å². The molecule has 24 heavy (non-hydrogen) atoms. The molecule has 1 aliphatic heterocycles. The normalized spacial score (nSPS) is 19.3. The molecule has 10 heteroatoms. The van der Waals surface area contributed by atoms with Gasteiger partial charge in [-0.2, -0.15) is 4.31 Å². The summed E-state index contributed by atoms with van der Waals surface area (Å²) in [7, 11) is -3.51. The van der Waals surface area contributed by atoms with Crippen LogP contribution < -0.4 is 5.32 Å². The molecule has 3 heterocycles. The van der Waals surface area contributed by atoms with Crippen molar-refractivity contribution in [3.05, 3.63) is 22.5 Å². The third kappa shape index (κ3) is 3.66. The predicted molar refractivity (Wildman–Crippen MR) is 93.7 cm³/mol. The molecule has 1 fully saturated rings. The van der Waals surface area contributed by atoms with Crippen molar-refractivity contribution in [2.45, 2.75) is 30.4 Å². The average Bonchev–Trinajstić information content (AvgIpc) is 3.27. The SMILES string of the molecule is CCc1nnc(NC(=O)[C@H]2CCCN(S(=O)(=O)c3cccs3)C2)s1. The number of thiophene rings is 1. The lowest BCUT2D eigenvalue weighted by atomic mass is 9.99. The van der Waals surface area contributed by atoms with Crippen LogP contribution in [0.4, 0.5) is 5.13 Å². The molecule has 130 valence electrons. The van der Waals surface area contributed by atoms with E-state index in [4.69, 9.17) is 0 Å². The van der Waals surface area contributed by atoms with Gasteiger partial charge in [0.25, 0.3) is 10.0 Å². The van der Waals surface area contributed by atoms with Crippen LogP contribution >= 0.6 is 22.7 Å². The summed E-state index contributed by atoms with van der Waals surface area (Å²) in [6.07, 6.45) is 2.10. The second-order valence-electron chi connectivity index (χ2n) is 5.48. The first kappa shape index (κ1) is 17.5. The van der Waals surface area contributed by atoms with E-state index < -0.39 is 10.0 Å². The largest absolute Gasteiger partial charge is 0.300 e. The molecular weight excluding hydrogens is 368 g/mol. The number of aromatic nitrogens is 2. The van der Waals surface area contributed by atoms with Gasteiger partial charge in [-0.3, -0.25) is 4.79 Å². The lowest BCUT2D eigenvalue weighted by Crippen LogP contribution is -2.43. The van der Waals surface area contributed by atoms with E-state index >= 15 is 0 Å². The van der Waals surface area contributed by atoms with Crippen LogP contribution in [-0.2, 0) is 21.2 Å². The van der Waals surface area contributed by atoms with Crippen LogP contribution in [0.3, 0.4) is 0 Å². The zero-order valence-corrected chi connectivity index (χ0v) is 15.6. The van der Waals surface area contributed by atoms with Crippen LogP contribution in [0, 0.1) is 5.92 Å². The Morgan fingerprint density at radius 1 is 1.46 bits per heavy atom. The van der Waals surface area contributed by atoms with E-state index in [2.05, 4.69) is 15.5 Å². The molecule has 7 nitrogen and oxygen atoms in total. The number of hydrogen-bond donors (Lipinski definition) is 1. The maximum atomic E-state index is 12.6. The summed E-state index contributed by atoms with van der Waals surface area (Å²) in [6.45, 7) is 2.62. The molecular formula is C14H18N4O3S3. The standard InChI is InChI=1S/C14H18N4O3S3/c1-2-11-16-17-14(23-11)15-13(19)10-5-3-7-18(9-10)24(20,21)12-6-4-8-22-12/h4,6,8,10H,2-3,5,7,9H2,1H3,(H,15,17,19)/t10-/m0/s1. The minimum absolute atomic E-state index is 0.195. The average molecular weight is 387 g/mol. The minimum Gasteiger partial charge on any atom is -0.300 e. The van der Waals surface area contributed by atoms with E-state index in [1.807, 2.05) is 6.92 Å². The Hall–Kier alpha value is -1.36. The Balaban J connectivity index is 1.68. The summed E-state index contributed by atoms with van der Waals surface area (Å²) in [6, 6.07) is 3.31. The molecule has 2 aromatic rings. The molecule has 0 radical (unpaired) electrons. The topological polar surface area (TPSA) is 92.3 Å². The lowest BCUT2D eigenvalue weighted by Gasteiger charge is -2.30. The molecule has 1 aliphatic rings. The highest BCUT2D eigenvalue weighted by molar-refractivity contribution is 7.91. The Bertz CT molecular complexity index is 801. The van der Waals surface area contributed by atoms with E-state index in [0.29, 0.717) is 28.7 Å². The van der Waals surface area contributed by atoms with Crippen molar-refractivity contribution in [3.63, 3.8) is 0 Å². The van der Waals surface area contributed by atoms with Gasteiger partial charge in [-0.05, 0) is 30.7 Å². The molecule has 3 rings (SSSR count). The van der Waals surface area contributed by atoms with Crippen molar-refractivity contribution in [1.82, 2.24) is 14.5 Å². The number of carbonyl (C=O) groups excluding carboxylic acids is 1. The maximum Gasteiger partial charge on any atom is 0.252 e. The van der Waals surface area contributed by atoms with Gasteiger partial charge in [0.05, 0.1) is 5.92 Å². The Kier molecular flexibility index (Phi) is 5.28. The van der Waals surface area contributed by atoms with Crippen LogP contribution in [-0.4, -0.2) is 41.9 Å². The molecule has 0 saturated carbocycles. The number of aryl methyl sites for hydroxylation is 1. The predicted octanol–water partition coefficient (Wildman–Crippen LogP) is 2.20. The summed E-state index contributed by atoms with van der Waals surface area (Å²) >= 11 is 2.54. The number of nitrogens with one attached hydrogen (secondary N) is 1.